The number of benzene rings is 3. The van der Waals surface area contributed by atoms with Crippen molar-refractivity contribution in [2.24, 2.45) is 10.9 Å². The number of H-pyrrole nitrogens is 1. The average Bonchev–Trinajstić information content (AvgIpc) is 3.16. The number of oxime groups is 1. The molecule has 0 atom stereocenters. The number of para-hydroxylation sites is 2. The predicted octanol–water partition coefficient (Wildman–Crippen LogP) is 4.96. The van der Waals surface area contributed by atoms with Gasteiger partial charge in [0.05, 0.1) is 5.69 Å². The number of aromatic amines is 1. The van der Waals surface area contributed by atoms with Gasteiger partial charge in [0.2, 0.25) is 0 Å². The van der Waals surface area contributed by atoms with E-state index in [9.17, 15) is 10.2 Å². The molecular weight excluding hydrogens is 378 g/mol. The summed E-state index contributed by atoms with van der Waals surface area (Å²) < 4.78 is 0. The second-order valence-electron chi connectivity index (χ2n) is 7.33. The number of amidine groups is 1. The van der Waals surface area contributed by atoms with Gasteiger partial charge in [-0.1, -0.05) is 35.5 Å². The lowest BCUT2D eigenvalue weighted by molar-refractivity contribution is 0.0858. The van der Waals surface area contributed by atoms with Crippen LogP contribution in [0.3, 0.4) is 0 Å². The van der Waals surface area contributed by atoms with E-state index in [1.165, 1.54) is 0 Å². The molecule has 0 saturated carbocycles. The van der Waals surface area contributed by atoms with Crippen LogP contribution in [0.1, 0.15) is 19.4 Å². The largest absolute Gasteiger partial charge is 0.507 e. The molecule has 4 rings (SSSR count). The average molecular weight is 401 g/mol. The second-order valence-corrected chi connectivity index (χ2v) is 7.33. The lowest BCUT2D eigenvalue weighted by atomic mass is 9.99. The van der Waals surface area contributed by atoms with E-state index in [1.807, 2.05) is 56.3 Å². The number of hydrogen-bond donors (Lipinski definition) is 4. The lowest BCUT2D eigenvalue weighted by Crippen LogP contribution is -2.14. The molecule has 0 saturated heterocycles. The standard InChI is InChI=1S/C24H23N3O3/c1-14(2)30-27-24(25)15-10-11-20-16(12-15)13-21(26-20)19-8-5-7-18(23(19)29)17-6-3-4-9-22(17)28/h3-14,26,28-29H,1-2H3,(H2,25,27). The number of hydrogen-bond acceptors (Lipinski definition) is 4. The molecule has 6 heteroatoms. The van der Waals surface area contributed by atoms with Crippen molar-refractivity contribution < 1.29 is 15.1 Å². The van der Waals surface area contributed by atoms with E-state index in [1.54, 1.807) is 24.3 Å². The molecule has 5 N–H and O–H groups in total. The zero-order valence-electron chi connectivity index (χ0n) is 16.8. The Bertz CT molecular complexity index is 1240. The Hall–Kier alpha value is -3.93. The fourth-order valence-corrected chi connectivity index (χ4v) is 3.33. The maximum absolute atomic E-state index is 10.9. The Kier molecular flexibility index (Phi) is 5.06. The maximum Gasteiger partial charge on any atom is 0.170 e. The summed E-state index contributed by atoms with van der Waals surface area (Å²) >= 11 is 0. The van der Waals surface area contributed by atoms with Crippen LogP contribution in [0.2, 0.25) is 0 Å². The van der Waals surface area contributed by atoms with Gasteiger partial charge in [-0.2, -0.15) is 0 Å². The molecule has 0 radical (unpaired) electrons. The van der Waals surface area contributed by atoms with Crippen LogP contribution in [0.5, 0.6) is 11.5 Å². The van der Waals surface area contributed by atoms with E-state index < -0.39 is 0 Å². The molecule has 1 heterocycles. The summed E-state index contributed by atoms with van der Waals surface area (Å²) in [4.78, 5) is 8.55. The van der Waals surface area contributed by atoms with Crippen molar-refractivity contribution in [2.45, 2.75) is 20.0 Å². The Morgan fingerprint density at radius 3 is 2.43 bits per heavy atom. The summed E-state index contributed by atoms with van der Waals surface area (Å²) in [5.74, 6) is 0.513. The highest BCUT2D eigenvalue weighted by molar-refractivity contribution is 6.01. The molecule has 1 aromatic heterocycles. The van der Waals surface area contributed by atoms with Gasteiger partial charge in [-0.05, 0) is 50.2 Å². The van der Waals surface area contributed by atoms with Crippen LogP contribution in [-0.2, 0) is 4.84 Å². The Labute approximate surface area is 174 Å². The van der Waals surface area contributed by atoms with Crippen LogP contribution in [0.25, 0.3) is 33.3 Å². The first-order chi connectivity index (χ1) is 14.4. The molecule has 0 unspecified atom stereocenters. The quantitative estimate of drug-likeness (QED) is 0.216. The number of aromatic hydroxyl groups is 2. The minimum absolute atomic E-state index is 0.0505. The number of aromatic nitrogens is 1. The lowest BCUT2D eigenvalue weighted by Gasteiger charge is -2.10. The summed E-state index contributed by atoms with van der Waals surface area (Å²) in [6.45, 7) is 3.77. The Morgan fingerprint density at radius 1 is 0.933 bits per heavy atom. The third-order valence-corrected chi connectivity index (χ3v) is 4.80. The van der Waals surface area contributed by atoms with Crippen molar-refractivity contribution in [1.29, 1.82) is 0 Å². The Balaban J connectivity index is 1.75. The van der Waals surface area contributed by atoms with Crippen molar-refractivity contribution in [2.75, 3.05) is 0 Å². The second kappa shape index (κ2) is 7.83. The zero-order chi connectivity index (χ0) is 21.3. The maximum atomic E-state index is 10.9. The molecule has 0 aliphatic rings. The van der Waals surface area contributed by atoms with Crippen molar-refractivity contribution >= 4 is 16.7 Å². The van der Waals surface area contributed by atoms with E-state index in [-0.39, 0.29) is 17.6 Å². The number of fused-ring (bicyclic) bond motifs is 1. The monoisotopic (exact) mass is 401 g/mol. The normalized spacial score (nSPS) is 11.9. The fraction of sp³-hybridized carbons (Fsp3) is 0.125. The van der Waals surface area contributed by atoms with Crippen molar-refractivity contribution in [3.63, 3.8) is 0 Å². The highest BCUT2D eigenvalue weighted by Crippen LogP contribution is 2.41. The molecule has 0 aliphatic carbocycles. The molecule has 3 aromatic carbocycles. The molecule has 0 bridgehead atoms. The summed E-state index contributed by atoms with van der Waals surface area (Å²) in [5.41, 5.74) is 10.2. The van der Waals surface area contributed by atoms with Gasteiger partial charge in [-0.15, -0.1) is 0 Å². The fourth-order valence-electron chi connectivity index (χ4n) is 3.33. The highest BCUT2D eigenvalue weighted by Gasteiger charge is 2.15. The van der Waals surface area contributed by atoms with Gasteiger partial charge in [0.15, 0.2) is 5.84 Å². The van der Waals surface area contributed by atoms with E-state index in [4.69, 9.17) is 10.6 Å². The number of rotatable bonds is 5. The molecule has 0 spiro atoms. The van der Waals surface area contributed by atoms with Crippen molar-refractivity contribution in [1.82, 2.24) is 4.98 Å². The van der Waals surface area contributed by atoms with Crippen LogP contribution in [0.4, 0.5) is 0 Å². The number of phenolic OH excluding ortho intramolecular Hbond substituents is 2. The molecule has 0 fully saturated rings. The van der Waals surface area contributed by atoms with Crippen molar-refractivity contribution in [3.8, 4) is 33.9 Å². The number of nitrogens with two attached hydrogens (primary N) is 1. The van der Waals surface area contributed by atoms with Gasteiger partial charge < -0.3 is 25.8 Å². The minimum Gasteiger partial charge on any atom is -0.507 e. The summed E-state index contributed by atoms with van der Waals surface area (Å²) in [6, 6.07) is 20.0. The van der Waals surface area contributed by atoms with E-state index in [0.29, 0.717) is 22.5 Å². The van der Waals surface area contributed by atoms with Crippen LogP contribution in [-0.4, -0.2) is 27.1 Å². The summed E-state index contributed by atoms with van der Waals surface area (Å²) in [7, 11) is 0. The predicted molar refractivity (Wildman–Crippen MR) is 119 cm³/mol. The molecule has 6 nitrogen and oxygen atoms in total. The number of nitrogens with one attached hydrogen (secondary N) is 1. The van der Waals surface area contributed by atoms with Crippen molar-refractivity contribution in [3.05, 3.63) is 72.3 Å². The van der Waals surface area contributed by atoms with E-state index >= 15 is 0 Å². The molecule has 0 amide bonds. The summed E-state index contributed by atoms with van der Waals surface area (Å²) in [5, 5.41) is 26.0. The third kappa shape index (κ3) is 3.67. The van der Waals surface area contributed by atoms with Gasteiger partial charge in [0, 0.05) is 33.2 Å². The molecular formula is C24H23N3O3. The molecule has 0 aliphatic heterocycles. The smallest absolute Gasteiger partial charge is 0.170 e. The van der Waals surface area contributed by atoms with Gasteiger partial charge in [0.25, 0.3) is 0 Å². The number of nitrogens with zero attached hydrogens (tertiary/aromatic N) is 1. The first-order valence-electron chi connectivity index (χ1n) is 9.67. The Morgan fingerprint density at radius 2 is 1.67 bits per heavy atom. The van der Waals surface area contributed by atoms with E-state index in [0.717, 1.165) is 22.2 Å². The molecule has 152 valence electrons. The van der Waals surface area contributed by atoms with Crippen LogP contribution in [0, 0.1) is 0 Å². The molecule has 30 heavy (non-hydrogen) atoms. The first kappa shape index (κ1) is 19.4. The summed E-state index contributed by atoms with van der Waals surface area (Å²) in [6.07, 6.45) is -0.0505. The topological polar surface area (TPSA) is 104 Å². The van der Waals surface area contributed by atoms with Gasteiger partial charge in [-0.25, -0.2) is 0 Å². The van der Waals surface area contributed by atoms with Gasteiger partial charge in [0.1, 0.15) is 17.6 Å². The SMILES string of the molecule is CC(C)O/N=C(/N)c1ccc2[nH]c(-c3cccc(-c4ccccc4O)c3O)cc2c1. The number of phenols is 2. The van der Waals surface area contributed by atoms with E-state index in [2.05, 4.69) is 10.1 Å². The minimum atomic E-state index is -0.0505. The van der Waals surface area contributed by atoms with Crippen LogP contribution >= 0.6 is 0 Å². The third-order valence-electron chi connectivity index (χ3n) is 4.80. The van der Waals surface area contributed by atoms with Crippen LogP contribution < -0.4 is 5.73 Å². The first-order valence-corrected chi connectivity index (χ1v) is 9.67. The van der Waals surface area contributed by atoms with Gasteiger partial charge in [-0.3, -0.25) is 0 Å². The molecule has 4 aromatic rings. The van der Waals surface area contributed by atoms with Gasteiger partial charge >= 0.3 is 0 Å². The van der Waals surface area contributed by atoms with Crippen LogP contribution in [0.15, 0.2) is 71.9 Å². The zero-order valence-corrected chi connectivity index (χ0v) is 16.8. The highest BCUT2D eigenvalue weighted by atomic mass is 16.6.